The van der Waals surface area contributed by atoms with Crippen LogP contribution in [0, 0.1) is 5.92 Å². The van der Waals surface area contributed by atoms with Gasteiger partial charge >= 0.3 is 0 Å². The van der Waals surface area contributed by atoms with Gasteiger partial charge in [0, 0.05) is 18.8 Å². The molecular weight excluding hydrogens is 314 g/mol. The van der Waals surface area contributed by atoms with Crippen LogP contribution >= 0.6 is 11.8 Å². The van der Waals surface area contributed by atoms with Crippen LogP contribution in [0.15, 0.2) is 29.4 Å². The molecule has 0 fully saturated rings. The maximum atomic E-state index is 12.3. The molecule has 1 aliphatic heterocycles. The molecule has 120 valence electrons. The van der Waals surface area contributed by atoms with Gasteiger partial charge in [-0.3, -0.25) is 14.5 Å². The molecule has 1 aliphatic rings. The molecule has 7 nitrogen and oxygen atoms in total. The van der Waals surface area contributed by atoms with Gasteiger partial charge in [-0.15, -0.1) is 5.10 Å². The van der Waals surface area contributed by atoms with Crippen molar-refractivity contribution >= 4 is 23.6 Å². The maximum Gasteiger partial charge on any atom is 0.261 e. The van der Waals surface area contributed by atoms with Crippen LogP contribution < -0.4 is 0 Å². The number of fused-ring (bicyclic) bond motifs is 1. The van der Waals surface area contributed by atoms with E-state index in [0.717, 1.165) is 6.54 Å². The Morgan fingerprint density at radius 3 is 2.39 bits per heavy atom. The summed E-state index contributed by atoms with van der Waals surface area (Å²) in [7, 11) is 0. The molecule has 0 saturated heterocycles. The summed E-state index contributed by atoms with van der Waals surface area (Å²) in [5.74, 6) is 0.541. The molecule has 1 aromatic carbocycles. The number of carbonyl (C=O) groups is 2. The molecule has 2 aromatic rings. The van der Waals surface area contributed by atoms with Crippen LogP contribution in [0.1, 0.15) is 34.6 Å². The van der Waals surface area contributed by atoms with Gasteiger partial charge < -0.3 is 0 Å². The highest BCUT2D eigenvalue weighted by Gasteiger charge is 2.34. The highest BCUT2D eigenvalue weighted by Crippen LogP contribution is 2.23. The molecule has 0 bridgehead atoms. The van der Waals surface area contributed by atoms with E-state index in [4.69, 9.17) is 0 Å². The van der Waals surface area contributed by atoms with Crippen LogP contribution in [-0.2, 0) is 6.54 Å². The minimum atomic E-state index is -0.229. The second kappa shape index (κ2) is 6.49. The molecule has 0 radical (unpaired) electrons. The van der Waals surface area contributed by atoms with Crippen LogP contribution in [-0.4, -0.2) is 49.2 Å². The first-order chi connectivity index (χ1) is 11.1. The van der Waals surface area contributed by atoms with Gasteiger partial charge in [-0.05, 0) is 28.5 Å². The van der Waals surface area contributed by atoms with Crippen molar-refractivity contribution in [1.29, 1.82) is 0 Å². The second-order valence-electron chi connectivity index (χ2n) is 5.69. The molecule has 0 N–H and O–H groups in total. The van der Waals surface area contributed by atoms with E-state index in [2.05, 4.69) is 29.4 Å². The maximum absolute atomic E-state index is 12.3. The van der Waals surface area contributed by atoms with Crippen molar-refractivity contribution < 1.29 is 9.59 Å². The Hall–Kier alpha value is -2.22. The van der Waals surface area contributed by atoms with Crippen molar-refractivity contribution in [2.75, 3.05) is 12.3 Å². The van der Waals surface area contributed by atoms with Crippen LogP contribution in [0.5, 0.6) is 0 Å². The number of tetrazole rings is 1. The summed E-state index contributed by atoms with van der Waals surface area (Å²) in [6, 6.07) is 6.91. The van der Waals surface area contributed by atoms with Gasteiger partial charge in [0.05, 0.1) is 11.1 Å². The van der Waals surface area contributed by atoms with Crippen LogP contribution in [0.4, 0.5) is 0 Å². The monoisotopic (exact) mass is 331 g/mol. The van der Waals surface area contributed by atoms with E-state index in [0.29, 0.717) is 34.5 Å². The first kappa shape index (κ1) is 15.7. The largest absolute Gasteiger partial charge is 0.273 e. The van der Waals surface area contributed by atoms with Gasteiger partial charge in [0.15, 0.2) is 0 Å². The quantitative estimate of drug-likeness (QED) is 0.592. The Kier molecular flexibility index (Phi) is 4.42. The van der Waals surface area contributed by atoms with Crippen LogP contribution in [0.2, 0.25) is 0 Å². The lowest BCUT2D eigenvalue weighted by Crippen LogP contribution is -2.31. The number of hydrogen-bond acceptors (Lipinski definition) is 6. The molecule has 0 aliphatic carbocycles. The van der Waals surface area contributed by atoms with Gasteiger partial charge in [0.1, 0.15) is 0 Å². The van der Waals surface area contributed by atoms with Gasteiger partial charge in [-0.25, -0.2) is 4.68 Å². The fourth-order valence-electron chi connectivity index (χ4n) is 2.43. The zero-order valence-electron chi connectivity index (χ0n) is 13.0. The number of carbonyl (C=O) groups excluding carboxylic acids is 2. The number of aromatic nitrogens is 4. The summed E-state index contributed by atoms with van der Waals surface area (Å²) >= 11 is 1.45. The van der Waals surface area contributed by atoms with Gasteiger partial charge in [0.25, 0.3) is 11.8 Å². The number of rotatable bonds is 6. The van der Waals surface area contributed by atoms with E-state index in [9.17, 15) is 9.59 Å². The molecule has 2 heterocycles. The number of benzene rings is 1. The number of thioether (sulfide) groups is 1. The van der Waals surface area contributed by atoms with Crippen molar-refractivity contribution in [2.45, 2.75) is 25.5 Å². The molecule has 2 amide bonds. The van der Waals surface area contributed by atoms with E-state index >= 15 is 0 Å². The second-order valence-corrected chi connectivity index (χ2v) is 6.76. The molecule has 8 heteroatoms. The van der Waals surface area contributed by atoms with Crippen molar-refractivity contribution in [3.8, 4) is 0 Å². The predicted octanol–water partition coefficient (Wildman–Crippen LogP) is 1.72. The number of imide groups is 1. The van der Waals surface area contributed by atoms with Crippen LogP contribution in [0.3, 0.4) is 0 Å². The van der Waals surface area contributed by atoms with E-state index in [1.54, 1.807) is 28.9 Å². The van der Waals surface area contributed by atoms with Gasteiger partial charge in [0.2, 0.25) is 5.16 Å². The Morgan fingerprint density at radius 2 is 1.78 bits per heavy atom. The molecule has 3 rings (SSSR count). The molecule has 0 atom stereocenters. The minimum Gasteiger partial charge on any atom is -0.273 e. The van der Waals surface area contributed by atoms with Gasteiger partial charge in [-0.1, -0.05) is 37.7 Å². The van der Waals surface area contributed by atoms with E-state index in [-0.39, 0.29) is 11.8 Å². The summed E-state index contributed by atoms with van der Waals surface area (Å²) in [6.07, 6.45) is 0. The Balaban J connectivity index is 1.61. The highest BCUT2D eigenvalue weighted by atomic mass is 32.2. The number of nitrogens with zero attached hydrogens (tertiary/aromatic N) is 5. The lowest BCUT2D eigenvalue weighted by Gasteiger charge is -2.13. The zero-order chi connectivity index (χ0) is 16.4. The SMILES string of the molecule is CC(C)Cn1nnnc1SCCN1C(=O)c2ccccc2C1=O. The van der Waals surface area contributed by atoms with Gasteiger partial charge in [-0.2, -0.15) is 0 Å². The third-order valence-electron chi connectivity index (χ3n) is 3.46. The number of hydrogen-bond donors (Lipinski definition) is 0. The fraction of sp³-hybridized carbons (Fsp3) is 0.400. The lowest BCUT2D eigenvalue weighted by atomic mass is 10.1. The normalized spacial score (nSPS) is 14.0. The molecule has 1 aromatic heterocycles. The number of amides is 2. The first-order valence-corrected chi connectivity index (χ1v) is 8.40. The third-order valence-corrected chi connectivity index (χ3v) is 4.40. The van der Waals surface area contributed by atoms with E-state index in [1.807, 2.05) is 0 Å². The van der Waals surface area contributed by atoms with E-state index in [1.165, 1.54) is 16.7 Å². The highest BCUT2D eigenvalue weighted by molar-refractivity contribution is 7.99. The fourth-order valence-corrected chi connectivity index (χ4v) is 3.24. The summed E-state index contributed by atoms with van der Waals surface area (Å²) < 4.78 is 1.75. The van der Waals surface area contributed by atoms with Crippen molar-refractivity contribution in [2.24, 2.45) is 5.92 Å². The third kappa shape index (κ3) is 3.12. The Bertz CT molecular complexity index is 708. The molecule has 0 spiro atoms. The standard InChI is InChI=1S/C15H17N5O2S/c1-10(2)9-20-15(16-17-18-20)23-8-7-19-13(21)11-5-3-4-6-12(11)14(19)22/h3-6,10H,7-9H2,1-2H3. The van der Waals surface area contributed by atoms with E-state index < -0.39 is 0 Å². The molecular formula is C15H17N5O2S. The minimum absolute atomic E-state index is 0.229. The molecule has 0 unspecified atom stereocenters. The Morgan fingerprint density at radius 1 is 1.13 bits per heavy atom. The molecule has 0 saturated carbocycles. The lowest BCUT2D eigenvalue weighted by molar-refractivity contribution is 0.0664. The summed E-state index contributed by atoms with van der Waals surface area (Å²) in [5, 5.41) is 12.3. The summed E-state index contributed by atoms with van der Waals surface area (Å²) in [4.78, 5) is 25.8. The zero-order valence-corrected chi connectivity index (χ0v) is 13.8. The predicted molar refractivity (Wildman–Crippen MR) is 85.2 cm³/mol. The van der Waals surface area contributed by atoms with Crippen molar-refractivity contribution in [3.05, 3.63) is 35.4 Å². The first-order valence-electron chi connectivity index (χ1n) is 7.42. The summed E-state index contributed by atoms with van der Waals surface area (Å²) in [5.41, 5.74) is 0.958. The summed E-state index contributed by atoms with van der Waals surface area (Å²) in [6.45, 7) is 5.26. The van der Waals surface area contributed by atoms with Crippen molar-refractivity contribution in [1.82, 2.24) is 25.1 Å². The molecule has 23 heavy (non-hydrogen) atoms. The van der Waals surface area contributed by atoms with Crippen LogP contribution in [0.25, 0.3) is 0 Å². The smallest absolute Gasteiger partial charge is 0.261 e. The Labute approximate surface area is 138 Å². The average molecular weight is 331 g/mol. The topological polar surface area (TPSA) is 81.0 Å². The van der Waals surface area contributed by atoms with Crippen molar-refractivity contribution in [3.63, 3.8) is 0 Å². The average Bonchev–Trinajstić information content (AvgIpc) is 3.05.